The summed E-state index contributed by atoms with van der Waals surface area (Å²) < 4.78 is 17.2. The second kappa shape index (κ2) is 5.94. The normalized spacial score (nSPS) is 10.8. The third-order valence-corrected chi connectivity index (χ3v) is 2.16. The van der Waals surface area contributed by atoms with Gasteiger partial charge >= 0.3 is 0 Å². The minimum absolute atomic E-state index is 0.204. The molecule has 17 heavy (non-hydrogen) atoms. The Morgan fingerprint density at radius 3 is 2.24 bits per heavy atom. The van der Waals surface area contributed by atoms with Crippen molar-refractivity contribution < 1.29 is 9.13 Å². The van der Waals surface area contributed by atoms with E-state index in [2.05, 4.69) is 13.8 Å². The Morgan fingerprint density at radius 2 is 1.76 bits per heavy atom. The fourth-order valence-corrected chi connectivity index (χ4v) is 1.23. The van der Waals surface area contributed by atoms with Crippen LogP contribution in [0, 0.1) is 10.8 Å². The average molecular weight is 234 g/mol. The first kappa shape index (κ1) is 13.1. The molecule has 0 bridgehead atoms. The third kappa shape index (κ3) is 4.59. The van der Waals surface area contributed by atoms with E-state index in [4.69, 9.17) is 15.6 Å². The topological polar surface area (TPSA) is 56.9 Å². The van der Waals surface area contributed by atoms with E-state index >= 15 is 0 Å². The highest BCUT2D eigenvalue weighted by Crippen LogP contribution is 2.18. The van der Waals surface area contributed by atoms with Crippen LogP contribution in [0.25, 0.3) is 0 Å². The molecule has 0 aliphatic carbocycles. The van der Waals surface area contributed by atoms with Gasteiger partial charge in [-0.2, -0.15) is 4.39 Å². The smallest absolute Gasteiger partial charge is 0.212 e. The Balaban J connectivity index is 2.63. The van der Waals surface area contributed by atoms with E-state index in [1.165, 1.54) is 5.56 Å². The zero-order chi connectivity index (χ0) is 12.8. The Bertz CT molecular complexity index is 435. The van der Waals surface area contributed by atoms with E-state index in [1.807, 2.05) is 12.1 Å². The van der Waals surface area contributed by atoms with Crippen LogP contribution in [0.2, 0.25) is 0 Å². The van der Waals surface area contributed by atoms with Gasteiger partial charge in [0.25, 0.3) is 0 Å². The van der Waals surface area contributed by atoms with Crippen LogP contribution in [-0.4, -0.2) is 11.9 Å². The molecule has 4 heteroatoms. The van der Waals surface area contributed by atoms with Crippen LogP contribution in [0.15, 0.2) is 36.4 Å². The first-order valence-corrected chi connectivity index (χ1v) is 5.27. The van der Waals surface area contributed by atoms with Gasteiger partial charge < -0.3 is 4.74 Å². The Hall–Kier alpha value is -1.97. The van der Waals surface area contributed by atoms with Gasteiger partial charge in [-0.15, -0.1) is 0 Å². The lowest BCUT2D eigenvalue weighted by atomic mass is 10.0. The molecular weight excluding hydrogens is 219 g/mol. The molecule has 0 aliphatic heterocycles. The van der Waals surface area contributed by atoms with E-state index in [-0.39, 0.29) is 5.90 Å². The molecule has 0 fully saturated rings. The molecule has 90 valence electrons. The molecular formula is C13H15FN2O. The fraction of sp³-hybridized carbons (Fsp3) is 0.231. The molecule has 0 saturated heterocycles. The summed E-state index contributed by atoms with van der Waals surface area (Å²) in [5, 5.41) is 13.9. The molecule has 1 aromatic carbocycles. The lowest BCUT2D eigenvalue weighted by Crippen LogP contribution is -2.03. The maximum absolute atomic E-state index is 12.1. The maximum atomic E-state index is 12.1. The molecule has 0 unspecified atom stereocenters. The number of halogens is 1. The van der Waals surface area contributed by atoms with E-state index in [0.29, 0.717) is 11.7 Å². The predicted octanol–water partition coefficient (Wildman–Crippen LogP) is 3.67. The van der Waals surface area contributed by atoms with E-state index in [1.54, 1.807) is 12.1 Å². The standard InChI is InChI=1S/C13H15FN2O/c1-9(2)10-3-5-11(6-4-10)17-13(16)8-7-12(14)15/h3-9,15-16H,1-2H3/b8-7-,15-12?,16-13?. The summed E-state index contributed by atoms with van der Waals surface area (Å²) >= 11 is 0. The van der Waals surface area contributed by atoms with Crippen molar-refractivity contribution >= 4 is 11.9 Å². The zero-order valence-electron chi connectivity index (χ0n) is 9.83. The summed E-state index contributed by atoms with van der Waals surface area (Å²) in [6.07, 6.45) is 1.96. The van der Waals surface area contributed by atoms with Crippen molar-refractivity contribution in [3.63, 3.8) is 0 Å². The predicted molar refractivity (Wildman–Crippen MR) is 66.9 cm³/mol. The zero-order valence-corrected chi connectivity index (χ0v) is 9.83. The van der Waals surface area contributed by atoms with Crippen LogP contribution in [0.3, 0.4) is 0 Å². The van der Waals surface area contributed by atoms with Gasteiger partial charge in [0.15, 0.2) is 0 Å². The van der Waals surface area contributed by atoms with E-state index in [0.717, 1.165) is 12.2 Å². The molecule has 0 saturated carbocycles. The van der Waals surface area contributed by atoms with Crippen LogP contribution < -0.4 is 4.74 Å². The number of allylic oxidation sites excluding steroid dienone is 1. The summed E-state index contributed by atoms with van der Waals surface area (Å²) in [7, 11) is 0. The molecule has 1 rings (SSSR count). The van der Waals surface area contributed by atoms with Crippen molar-refractivity contribution in [3.05, 3.63) is 42.0 Å². The van der Waals surface area contributed by atoms with Crippen molar-refractivity contribution in [2.45, 2.75) is 19.8 Å². The number of nitrogens with one attached hydrogen (secondary N) is 2. The number of hydrogen-bond donors (Lipinski definition) is 2. The summed E-state index contributed by atoms with van der Waals surface area (Å²) in [6.45, 7) is 4.18. The molecule has 0 heterocycles. The first-order chi connectivity index (χ1) is 7.99. The van der Waals surface area contributed by atoms with Crippen molar-refractivity contribution in [1.82, 2.24) is 0 Å². The average Bonchev–Trinajstić information content (AvgIpc) is 2.27. The minimum Gasteiger partial charge on any atom is -0.440 e. The van der Waals surface area contributed by atoms with Crippen LogP contribution >= 0.6 is 0 Å². The van der Waals surface area contributed by atoms with Gasteiger partial charge in [-0.25, -0.2) is 0 Å². The van der Waals surface area contributed by atoms with E-state index in [9.17, 15) is 4.39 Å². The molecule has 0 atom stereocenters. The van der Waals surface area contributed by atoms with Crippen molar-refractivity contribution in [3.8, 4) is 5.75 Å². The highest BCUT2D eigenvalue weighted by molar-refractivity contribution is 5.94. The Labute approximate surface area is 99.9 Å². The highest BCUT2D eigenvalue weighted by Gasteiger charge is 2.00. The third-order valence-electron chi connectivity index (χ3n) is 2.16. The van der Waals surface area contributed by atoms with Gasteiger partial charge in [-0.1, -0.05) is 26.0 Å². The summed E-state index contributed by atoms with van der Waals surface area (Å²) in [6, 6.07) is 7.37. The quantitative estimate of drug-likeness (QED) is 0.606. The number of rotatable bonds is 4. The van der Waals surface area contributed by atoms with Crippen LogP contribution in [-0.2, 0) is 0 Å². The molecule has 0 aliphatic rings. The summed E-state index contributed by atoms with van der Waals surface area (Å²) in [4.78, 5) is 0. The highest BCUT2D eigenvalue weighted by atomic mass is 19.1. The monoisotopic (exact) mass is 234 g/mol. The van der Waals surface area contributed by atoms with Gasteiger partial charge in [0.1, 0.15) is 5.75 Å². The lowest BCUT2D eigenvalue weighted by molar-refractivity contribution is 0.550. The van der Waals surface area contributed by atoms with Crippen LogP contribution in [0.4, 0.5) is 4.39 Å². The number of ether oxygens (including phenoxy) is 1. The van der Waals surface area contributed by atoms with Gasteiger partial charge in [0.05, 0.1) is 0 Å². The second-order valence-corrected chi connectivity index (χ2v) is 3.87. The SMILES string of the molecule is CC(C)c1ccc(OC(=N)/C=C\C(=N)F)cc1. The number of hydrogen-bond acceptors (Lipinski definition) is 3. The molecule has 0 aromatic heterocycles. The van der Waals surface area contributed by atoms with Crippen LogP contribution in [0.5, 0.6) is 5.75 Å². The Kier molecular flexibility index (Phi) is 4.57. The minimum atomic E-state index is -1.10. The molecule has 0 amide bonds. The fourth-order valence-electron chi connectivity index (χ4n) is 1.23. The lowest BCUT2D eigenvalue weighted by Gasteiger charge is -2.07. The van der Waals surface area contributed by atoms with E-state index < -0.39 is 5.97 Å². The van der Waals surface area contributed by atoms with Gasteiger partial charge in [-0.3, -0.25) is 10.8 Å². The molecule has 2 N–H and O–H groups in total. The number of benzene rings is 1. The molecule has 0 radical (unpaired) electrons. The van der Waals surface area contributed by atoms with Gasteiger partial charge in [0, 0.05) is 6.08 Å². The van der Waals surface area contributed by atoms with Crippen LogP contribution in [0.1, 0.15) is 25.3 Å². The van der Waals surface area contributed by atoms with Gasteiger partial charge in [-0.05, 0) is 29.7 Å². The summed E-state index contributed by atoms with van der Waals surface area (Å²) in [5.41, 5.74) is 1.19. The second-order valence-electron chi connectivity index (χ2n) is 3.87. The van der Waals surface area contributed by atoms with Crippen molar-refractivity contribution in [1.29, 1.82) is 10.8 Å². The molecule has 3 nitrogen and oxygen atoms in total. The van der Waals surface area contributed by atoms with Crippen molar-refractivity contribution in [2.75, 3.05) is 0 Å². The molecule has 1 aromatic rings. The van der Waals surface area contributed by atoms with Crippen molar-refractivity contribution in [2.24, 2.45) is 0 Å². The largest absolute Gasteiger partial charge is 0.440 e. The summed E-state index contributed by atoms with van der Waals surface area (Å²) in [5.74, 6) is -0.344. The Morgan fingerprint density at radius 1 is 1.18 bits per heavy atom. The first-order valence-electron chi connectivity index (χ1n) is 5.27. The molecule has 0 spiro atoms. The van der Waals surface area contributed by atoms with Gasteiger partial charge in [0.2, 0.25) is 11.9 Å². The maximum Gasteiger partial charge on any atom is 0.212 e.